The minimum absolute atomic E-state index is 0.610. The Morgan fingerprint density at radius 2 is 2.17 bits per heavy atom. The lowest BCUT2D eigenvalue weighted by Crippen LogP contribution is -2.32. The van der Waals surface area contributed by atoms with Crippen LogP contribution in [0.15, 0.2) is 30.7 Å². The number of fused-ring (bicyclic) bond motifs is 1. The number of nitrogens with zero attached hydrogens (tertiary/aromatic N) is 3. The summed E-state index contributed by atoms with van der Waals surface area (Å²) in [6.45, 7) is 4.40. The lowest BCUT2D eigenvalue weighted by molar-refractivity contribution is 0.497. The summed E-state index contributed by atoms with van der Waals surface area (Å²) in [5.74, 6) is 0.610. The number of aromatic nitrogens is 3. The van der Waals surface area contributed by atoms with Crippen LogP contribution in [0, 0.1) is 0 Å². The third-order valence-electron chi connectivity index (χ3n) is 4.99. The molecule has 0 saturated carbocycles. The topological polar surface area (TPSA) is 44.8 Å². The predicted octanol–water partition coefficient (Wildman–Crippen LogP) is 4.75. The molecule has 1 saturated heterocycles. The summed E-state index contributed by atoms with van der Waals surface area (Å²) in [7, 11) is 0. The van der Waals surface area contributed by atoms with Crippen molar-refractivity contribution in [2.75, 3.05) is 18.0 Å². The molecule has 0 aliphatic carbocycles. The average Bonchev–Trinajstić information content (AvgIpc) is 3.29. The van der Waals surface area contributed by atoms with Gasteiger partial charge in [0.1, 0.15) is 0 Å². The molecule has 4 nitrogen and oxygen atoms in total. The van der Waals surface area contributed by atoms with E-state index in [0.717, 1.165) is 18.6 Å². The first-order valence-corrected chi connectivity index (χ1v) is 9.78. The molecule has 4 rings (SSSR count). The van der Waals surface area contributed by atoms with E-state index < -0.39 is 0 Å². The highest BCUT2D eigenvalue weighted by Crippen LogP contribution is 2.34. The van der Waals surface area contributed by atoms with Crippen LogP contribution in [-0.4, -0.2) is 28.0 Å². The number of aromatic amines is 1. The van der Waals surface area contributed by atoms with Gasteiger partial charge in [0.25, 0.3) is 0 Å². The van der Waals surface area contributed by atoms with Gasteiger partial charge < -0.3 is 9.88 Å². The maximum atomic E-state index is 4.87. The van der Waals surface area contributed by atoms with Gasteiger partial charge >= 0.3 is 0 Å². The molecule has 2 aromatic heterocycles. The van der Waals surface area contributed by atoms with Crippen LogP contribution in [0.25, 0.3) is 10.2 Å². The summed E-state index contributed by atoms with van der Waals surface area (Å²) in [6.07, 6.45) is 9.77. The Morgan fingerprint density at radius 3 is 2.92 bits per heavy atom. The maximum absolute atomic E-state index is 4.87. The highest BCUT2D eigenvalue weighted by molar-refractivity contribution is 7.22. The molecular weight excluding hydrogens is 316 g/mol. The van der Waals surface area contributed by atoms with Crippen molar-refractivity contribution >= 4 is 26.7 Å². The van der Waals surface area contributed by atoms with Gasteiger partial charge in [0.05, 0.1) is 16.5 Å². The Bertz CT molecular complexity index is 785. The molecule has 1 fully saturated rings. The second kappa shape index (κ2) is 6.93. The molecular formula is C19H24N4S. The van der Waals surface area contributed by atoms with E-state index in [0.29, 0.717) is 5.92 Å². The molecule has 3 heterocycles. The number of rotatable bonds is 5. The first kappa shape index (κ1) is 15.6. The fraction of sp³-hybridized carbons (Fsp3) is 0.474. The van der Waals surface area contributed by atoms with Crippen LogP contribution in [0.4, 0.5) is 5.13 Å². The number of thiazole rings is 1. The Balaban J connectivity index is 1.46. The normalized spacial score (nSPS) is 16.1. The number of unbranched alkanes of at least 4 members (excludes halogenated alkanes) is 1. The van der Waals surface area contributed by atoms with Crippen LogP contribution in [0.3, 0.4) is 0 Å². The summed E-state index contributed by atoms with van der Waals surface area (Å²) in [4.78, 5) is 14.7. The van der Waals surface area contributed by atoms with E-state index in [-0.39, 0.29) is 0 Å². The second-order valence-corrected chi connectivity index (χ2v) is 7.68. The zero-order valence-corrected chi connectivity index (χ0v) is 15.0. The SMILES string of the molecule is CCCCc1ccc2nc(N3CCC(c4cnc[nH]4)CC3)sc2c1. The van der Waals surface area contributed by atoms with Crippen LogP contribution in [0.1, 0.15) is 49.8 Å². The van der Waals surface area contributed by atoms with E-state index in [1.165, 1.54) is 53.2 Å². The number of hydrogen-bond donors (Lipinski definition) is 1. The van der Waals surface area contributed by atoms with Crippen molar-refractivity contribution in [3.63, 3.8) is 0 Å². The minimum Gasteiger partial charge on any atom is -0.348 e. The van der Waals surface area contributed by atoms with Crippen LogP contribution in [0.5, 0.6) is 0 Å². The average molecular weight is 340 g/mol. The van der Waals surface area contributed by atoms with E-state index in [1.54, 1.807) is 6.33 Å². The van der Waals surface area contributed by atoms with Crippen molar-refractivity contribution in [1.29, 1.82) is 0 Å². The smallest absolute Gasteiger partial charge is 0.186 e. The molecule has 0 radical (unpaired) electrons. The number of nitrogens with one attached hydrogen (secondary N) is 1. The molecule has 0 unspecified atom stereocenters. The van der Waals surface area contributed by atoms with Crippen molar-refractivity contribution in [3.05, 3.63) is 42.0 Å². The quantitative estimate of drug-likeness (QED) is 0.729. The highest BCUT2D eigenvalue weighted by Gasteiger charge is 2.23. The Hall–Kier alpha value is -1.88. The van der Waals surface area contributed by atoms with E-state index in [9.17, 15) is 0 Å². The van der Waals surface area contributed by atoms with Crippen LogP contribution in [-0.2, 0) is 6.42 Å². The van der Waals surface area contributed by atoms with Crippen molar-refractivity contribution in [2.45, 2.75) is 44.9 Å². The Morgan fingerprint density at radius 1 is 1.29 bits per heavy atom. The number of imidazole rings is 1. The molecule has 0 amide bonds. The van der Waals surface area contributed by atoms with E-state index in [1.807, 2.05) is 17.5 Å². The second-order valence-electron chi connectivity index (χ2n) is 6.67. The lowest BCUT2D eigenvalue weighted by atomic mass is 9.94. The number of H-pyrrole nitrogens is 1. The van der Waals surface area contributed by atoms with Crippen LogP contribution < -0.4 is 4.90 Å². The molecule has 1 aliphatic rings. The van der Waals surface area contributed by atoms with Crippen molar-refractivity contribution in [1.82, 2.24) is 15.0 Å². The zero-order valence-electron chi connectivity index (χ0n) is 14.2. The highest BCUT2D eigenvalue weighted by atomic mass is 32.1. The number of hydrogen-bond acceptors (Lipinski definition) is 4. The fourth-order valence-electron chi connectivity index (χ4n) is 3.50. The molecule has 1 N–H and O–H groups in total. The van der Waals surface area contributed by atoms with Gasteiger partial charge in [-0.25, -0.2) is 9.97 Å². The van der Waals surface area contributed by atoms with Gasteiger partial charge in [-0.1, -0.05) is 30.7 Å². The third kappa shape index (κ3) is 3.18. The van der Waals surface area contributed by atoms with Gasteiger partial charge in [0.15, 0.2) is 5.13 Å². The van der Waals surface area contributed by atoms with Gasteiger partial charge in [-0.05, 0) is 43.4 Å². The summed E-state index contributed by atoms with van der Waals surface area (Å²) < 4.78 is 1.33. The number of aryl methyl sites for hydroxylation is 1. The van der Waals surface area contributed by atoms with Crippen LogP contribution >= 0.6 is 11.3 Å². The first-order chi connectivity index (χ1) is 11.8. The summed E-state index contributed by atoms with van der Waals surface area (Å²) >= 11 is 1.84. The lowest BCUT2D eigenvalue weighted by Gasteiger charge is -2.31. The molecule has 3 aromatic rings. The molecule has 5 heteroatoms. The monoisotopic (exact) mass is 340 g/mol. The first-order valence-electron chi connectivity index (χ1n) is 8.96. The Labute approximate surface area is 146 Å². The van der Waals surface area contributed by atoms with Gasteiger partial charge in [-0.15, -0.1) is 0 Å². The molecule has 0 spiro atoms. The molecule has 1 aromatic carbocycles. The summed E-state index contributed by atoms with van der Waals surface area (Å²) in [6, 6.07) is 6.77. The van der Waals surface area contributed by atoms with E-state index >= 15 is 0 Å². The number of piperidine rings is 1. The molecule has 24 heavy (non-hydrogen) atoms. The van der Waals surface area contributed by atoms with Crippen molar-refractivity contribution < 1.29 is 0 Å². The molecule has 0 atom stereocenters. The standard InChI is InChI=1S/C19H24N4S/c1-2-3-4-14-5-6-16-18(11-14)24-19(22-16)23-9-7-15(8-10-23)17-12-20-13-21-17/h5-6,11-13,15H,2-4,7-10H2,1H3,(H,20,21). The number of anilines is 1. The molecule has 126 valence electrons. The molecule has 1 aliphatic heterocycles. The Kier molecular flexibility index (Phi) is 4.52. The minimum atomic E-state index is 0.610. The fourth-order valence-corrected chi connectivity index (χ4v) is 4.58. The molecule has 0 bridgehead atoms. The third-order valence-corrected chi connectivity index (χ3v) is 6.06. The zero-order chi connectivity index (χ0) is 16.4. The van der Waals surface area contributed by atoms with Crippen molar-refractivity contribution in [3.8, 4) is 0 Å². The van der Waals surface area contributed by atoms with Gasteiger partial charge in [-0.3, -0.25) is 0 Å². The number of benzene rings is 1. The predicted molar refractivity (Wildman–Crippen MR) is 101 cm³/mol. The largest absolute Gasteiger partial charge is 0.348 e. The van der Waals surface area contributed by atoms with Gasteiger partial charge in [0.2, 0.25) is 0 Å². The van der Waals surface area contributed by atoms with E-state index in [2.05, 4.69) is 40.0 Å². The van der Waals surface area contributed by atoms with Gasteiger partial charge in [-0.2, -0.15) is 0 Å². The van der Waals surface area contributed by atoms with Crippen molar-refractivity contribution in [2.24, 2.45) is 0 Å². The summed E-state index contributed by atoms with van der Waals surface area (Å²) in [5.41, 5.74) is 3.86. The summed E-state index contributed by atoms with van der Waals surface area (Å²) in [5, 5.41) is 1.18. The van der Waals surface area contributed by atoms with Crippen LogP contribution in [0.2, 0.25) is 0 Å². The maximum Gasteiger partial charge on any atom is 0.186 e. The van der Waals surface area contributed by atoms with Gasteiger partial charge in [0, 0.05) is 30.9 Å². The van der Waals surface area contributed by atoms with E-state index in [4.69, 9.17) is 4.98 Å².